The van der Waals surface area contributed by atoms with Gasteiger partial charge < -0.3 is 4.74 Å². The van der Waals surface area contributed by atoms with E-state index < -0.39 is 5.25 Å². The van der Waals surface area contributed by atoms with Crippen LogP contribution in [0.5, 0.6) is 0 Å². The molecule has 2 amide bonds. The van der Waals surface area contributed by atoms with E-state index in [4.69, 9.17) is 4.74 Å². The fourth-order valence-corrected chi connectivity index (χ4v) is 3.79. The molecular weight excluding hydrogens is 314 g/mol. The predicted octanol–water partition coefficient (Wildman–Crippen LogP) is 2.54. The average molecular weight is 335 g/mol. The Kier molecular flexibility index (Phi) is 5.46. The average Bonchev–Trinajstić information content (AvgIpc) is 2.72. The molecule has 1 heterocycles. The highest BCUT2D eigenvalue weighted by Crippen LogP contribution is 2.34. The highest BCUT2D eigenvalue weighted by molar-refractivity contribution is 8.01. The lowest BCUT2D eigenvalue weighted by Gasteiger charge is -2.20. The van der Waals surface area contributed by atoms with Crippen LogP contribution < -0.4 is 4.90 Å². The zero-order valence-corrected chi connectivity index (χ0v) is 14.7. The summed E-state index contributed by atoms with van der Waals surface area (Å²) >= 11 is 1.17. The molecule has 1 aromatic carbocycles. The molecule has 1 saturated heterocycles. The zero-order chi connectivity index (χ0) is 17.1. The third-order valence-electron chi connectivity index (χ3n) is 3.67. The van der Waals surface area contributed by atoms with E-state index in [1.165, 1.54) is 16.7 Å². The highest BCUT2D eigenvalue weighted by atomic mass is 32.2. The number of amides is 2. The number of carbonyl (C=O) groups excluding carboxylic acids is 3. The number of carbonyl (C=O) groups is 3. The molecule has 0 bridgehead atoms. The molecule has 6 heteroatoms. The first-order chi connectivity index (χ1) is 10.8. The third kappa shape index (κ3) is 3.75. The van der Waals surface area contributed by atoms with Crippen molar-refractivity contribution in [3.05, 3.63) is 28.8 Å². The van der Waals surface area contributed by atoms with Crippen molar-refractivity contribution >= 4 is 35.2 Å². The molecule has 0 radical (unpaired) electrons. The van der Waals surface area contributed by atoms with Crippen LogP contribution in [-0.4, -0.2) is 35.4 Å². The molecule has 0 unspecified atom stereocenters. The van der Waals surface area contributed by atoms with Gasteiger partial charge in [-0.3, -0.25) is 14.4 Å². The summed E-state index contributed by atoms with van der Waals surface area (Å²) in [4.78, 5) is 37.6. The standard InChI is InChI=1S/C17H21NO4S/c1-5-22-15(20)9-23-13-8-14(19)18(17(13)21)16-11(3)6-10(2)7-12(16)4/h6-7,13H,5,8-9H2,1-4H3/t13-/m1/s1. The molecule has 5 nitrogen and oxygen atoms in total. The summed E-state index contributed by atoms with van der Waals surface area (Å²) in [6.07, 6.45) is 0.121. The van der Waals surface area contributed by atoms with Crippen LogP contribution in [0.2, 0.25) is 0 Å². The van der Waals surface area contributed by atoms with Crippen molar-refractivity contribution in [1.29, 1.82) is 0 Å². The number of thioether (sulfide) groups is 1. The maximum Gasteiger partial charge on any atom is 0.315 e. The molecule has 0 aromatic heterocycles. The van der Waals surface area contributed by atoms with Gasteiger partial charge in [0.05, 0.1) is 23.3 Å². The van der Waals surface area contributed by atoms with Crippen molar-refractivity contribution in [2.24, 2.45) is 0 Å². The number of hydrogen-bond donors (Lipinski definition) is 0. The van der Waals surface area contributed by atoms with Gasteiger partial charge in [0.2, 0.25) is 11.8 Å². The van der Waals surface area contributed by atoms with E-state index in [9.17, 15) is 14.4 Å². The first kappa shape index (κ1) is 17.5. The van der Waals surface area contributed by atoms with E-state index in [0.717, 1.165) is 16.7 Å². The Morgan fingerprint density at radius 1 is 1.26 bits per heavy atom. The van der Waals surface area contributed by atoms with Crippen molar-refractivity contribution in [2.45, 2.75) is 39.4 Å². The summed E-state index contributed by atoms with van der Waals surface area (Å²) in [5, 5.41) is -0.521. The second-order valence-electron chi connectivity index (χ2n) is 5.62. The highest BCUT2D eigenvalue weighted by Gasteiger charge is 2.41. The Hall–Kier alpha value is -1.82. The molecule has 0 spiro atoms. The van der Waals surface area contributed by atoms with Gasteiger partial charge in [0.1, 0.15) is 0 Å². The fourth-order valence-electron chi connectivity index (χ4n) is 2.87. The molecule has 1 aliphatic rings. The van der Waals surface area contributed by atoms with E-state index in [-0.39, 0.29) is 30.0 Å². The van der Waals surface area contributed by atoms with Gasteiger partial charge in [-0.2, -0.15) is 0 Å². The van der Waals surface area contributed by atoms with Crippen LogP contribution >= 0.6 is 11.8 Å². The first-order valence-corrected chi connectivity index (χ1v) is 8.61. The second-order valence-corrected chi connectivity index (χ2v) is 6.81. The molecule has 0 saturated carbocycles. The van der Waals surface area contributed by atoms with Gasteiger partial charge in [-0.15, -0.1) is 11.8 Å². The summed E-state index contributed by atoms with van der Waals surface area (Å²) in [6, 6.07) is 3.92. The largest absolute Gasteiger partial charge is 0.465 e. The minimum atomic E-state index is -0.521. The maximum atomic E-state index is 12.6. The van der Waals surface area contributed by atoms with E-state index in [0.29, 0.717) is 12.3 Å². The zero-order valence-electron chi connectivity index (χ0n) is 13.8. The van der Waals surface area contributed by atoms with Crippen LogP contribution in [-0.2, 0) is 19.1 Å². The van der Waals surface area contributed by atoms with Crippen LogP contribution in [0.1, 0.15) is 30.0 Å². The number of imide groups is 1. The topological polar surface area (TPSA) is 63.7 Å². The number of rotatable bonds is 5. The molecule has 0 aliphatic carbocycles. The minimum Gasteiger partial charge on any atom is -0.465 e. The van der Waals surface area contributed by atoms with Crippen molar-refractivity contribution in [1.82, 2.24) is 0 Å². The Labute approximate surface area is 140 Å². The van der Waals surface area contributed by atoms with Crippen molar-refractivity contribution in [3.63, 3.8) is 0 Å². The fraction of sp³-hybridized carbons (Fsp3) is 0.471. The van der Waals surface area contributed by atoms with Gasteiger partial charge >= 0.3 is 5.97 Å². The van der Waals surface area contributed by atoms with Gasteiger partial charge in [0, 0.05) is 6.42 Å². The lowest BCUT2D eigenvalue weighted by molar-refractivity contribution is -0.139. The quantitative estimate of drug-likeness (QED) is 0.611. The van der Waals surface area contributed by atoms with Crippen molar-refractivity contribution < 1.29 is 19.1 Å². The Morgan fingerprint density at radius 3 is 2.43 bits per heavy atom. The van der Waals surface area contributed by atoms with E-state index in [1.807, 2.05) is 32.9 Å². The number of nitrogens with zero attached hydrogens (tertiary/aromatic N) is 1. The summed E-state index contributed by atoms with van der Waals surface area (Å²) in [5.74, 6) is -0.748. The van der Waals surface area contributed by atoms with Crippen LogP contribution in [0.25, 0.3) is 0 Å². The molecule has 0 N–H and O–H groups in total. The van der Waals surface area contributed by atoms with Crippen molar-refractivity contribution in [3.8, 4) is 0 Å². The van der Waals surface area contributed by atoms with Gasteiger partial charge in [-0.1, -0.05) is 17.7 Å². The lowest BCUT2D eigenvalue weighted by atomic mass is 10.0. The second kappa shape index (κ2) is 7.17. The van der Waals surface area contributed by atoms with Crippen LogP contribution in [0.15, 0.2) is 12.1 Å². The number of esters is 1. The molecule has 1 aromatic rings. The van der Waals surface area contributed by atoms with Gasteiger partial charge in [-0.25, -0.2) is 4.90 Å². The monoisotopic (exact) mass is 335 g/mol. The molecule has 2 rings (SSSR count). The lowest BCUT2D eigenvalue weighted by Crippen LogP contribution is -2.32. The number of benzene rings is 1. The Balaban J connectivity index is 2.18. The Morgan fingerprint density at radius 2 is 1.87 bits per heavy atom. The number of hydrogen-bond acceptors (Lipinski definition) is 5. The molecule has 124 valence electrons. The van der Waals surface area contributed by atoms with E-state index in [1.54, 1.807) is 6.92 Å². The van der Waals surface area contributed by atoms with Gasteiger partial charge in [0.15, 0.2) is 0 Å². The summed E-state index contributed by atoms with van der Waals surface area (Å²) in [7, 11) is 0. The van der Waals surface area contributed by atoms with Crippen LogP contribution in [0, 0.1) is 20.8 Å². The van der Waals surface area contributed by atoms with E-state index >= 15 is 0 Å². The first-order valence-electron chi connectivity index (χ1n) is 7.57. The molecular formula is C17H21NO4S. The maximum absolute atomic E-state index is 12.6. The number of ether oxygens (including phenoxy) is 1. The molecule has 1 aliphatic heterocycles. The number of aryl methyl sites for hydroxylation is 3. The van der Waals surface area contributed by atoms with Crippen molar-refractivity contribution in [2.75, 3.05) is 17.3 Å². The SMILES string of the molecule is CCOC(=O)CS[C@@H]1CC(=O)N(c2c(C)cc(C)cc2C)C1=O. The van der Waals surface area contributed by atoms with Gasteiger partial charge in [0.25, 0.3) is 0 Å². The minimum absolute atomic E-state index is 0.0806. The molecule has 23 heavy (non-hydrogen) atoms. The molecule has 1 fully saturated rings. The summed E-state index contributed by atoms with van der Waals surface area (Å²) in [5.41, 5.74) is 3.57. The summed E-state index contributed by atoms with van der Waals surface area (Å²) < 4.78 is 4.86. The predicted molar refractivity (Wildman–Crippen MR) is 90.6 cm³/mol. The van der Waals surface area contributed by atoms with Crippen LogP contribution in [0.3, 0.4) is 0 Å². The summed E-state index contributed by atoms with van der Waals surface area (Å²) in [6.45, 7) is 7.82. The third-order valence-corrected chi connectivity index (χ3v) is 4.84. The van der Waals surface area contributed by atoms with Gasteiger partial charge in [-0.05, 0) is 38.8 Å². The molecule has 1 atom stereocenters. The number of anilines is 1. The smallest absolute Gasteiger partial charge is 0.315 e. The van der Waals surface area contributed by atoms with E-state index in [2.05, 4.69) is 0 Å². The van der Waals surface area contributed by atoms with Crippen LogP contribution in [0.4, 0.5) is 5.69 Å². The normalized spacial score (nSPS) is 17.7. The Bertz CT molecular complexity index is 633.